The molecule has 3 rings (SSSR count). The highest BCUT2D eigenvalue weighted by Crippen LogP contribution is 2.27. The van der Waals surface area contributed by atoms with Gasteiger partial charge in [0.1, 0.15) is 5.58 Å². The Labute approximate surface area is 169 Å². The van der Waals surface area contributed by atoms with Crippen LogP contribution in [0.25, 0.3) is 11.0 Å². The van der Waals surface area contributed by atoms with Gasteiger partial charge in [-0.25, -0.2) is 13.2 Å². The Bertz CT molecular complexity index is 995. The van der Waals surface area contributed by atoms with E-state index in [2.05, 4.69) is 0 Å². The van der Waals surface area contributed by atoms with Gasteiger partial charge in [-0.2, -0.15) is 0 Å². The molecule has 1 saturated heterocycles. The number of amides is 1. The van der Waals surface area contributed by atoms with Crippen LogP contribution in [0.1, 0.15) is 35.9 Å². The Morgan fingerprint density at radius 2 is 2.03 bits per heavy atom. The van der Waals surface area contributed by atoms with Crippen molar-refractivity contribution < 1.29 is 31.9 Å². The number of furan rings is 1. The van der Waals surface area contributed by atoms with E-state index < -0.39 is 28.3 Å². The van der Waals surface area contributed by atoms with Crippen LogP contribution in [0.5, 0.6) is 0 Å². The van der Waals surface area contributed by atoms with E-state index in [9.17, 15) is 18.0 Å². The quantitative estimate of drug-likeness (QED) is 0.600. The van der Waals surface area contributed by atoms with Crippen LogP contribution >= 0.6 is 0 Å². The van der Waals surface area contributed by atoms with Gasteiger partial charge in [-0.1, -0.05) is 25.1 Å². The zero-order chi connectivity index (χ0) is 21.0. The summed E-state index contributed by atoms with van der Waals surface area (Å²) in [4.78, 5) is 26.7. The van der Waals surface area contributed by atoms with Crippen LogP contribution in [0.3, 0.4) is 0 Å². The van der Waals surface area contributed by atoms with Crippen LogP contribution in [0.4, 0.5) is 0 Å². The lowest BCUT2D eigenvalue weighted by Gasteiger charge is -2.27. The largest absolute Gasteiger partial charge is 0.450 e. The van der Waals surface area contributed by atoms with Gasteiger partial charge in [0.25, 0.3) is 5.91 Å². The third kappa shape index (κ3) is 4.79. The molecule has 9 heteroatoms. The molecule has 2 heterocycles. The van der Waals surface area contributed by atoms with Gasteiger partial charge in [-0.05, 0) is 18.9 Å². The summed E-state index contributed by atoms with van der Waals surface area (Å²) in [6, 6.07) is 6.80. The highest BCUT2D eigenvalue weighted by molar-refractivity contribution is 7.91. The van der Waals surface area contributed by atoms with Crippen molar-refractivity contribution in [3.05, 3.63) is 35.6 Å². The topological polar surface area (TPSA) is 103 Å². The fourth-order valence-electron chi connectivity index (χ4n) is 3.60. The van der Waals surface area contributed by atoms with Crippen LogP contribution in [0.2, 0.25) is 0 Å². The summed E-state index contributed by atoms with van der Waals surface area (Å²) in [6.07, 6.45) is 1.08. The third-order valence-electron chi connectivity index (χ3n) is 4.93. The maximum absolute atomic E-state index is 12.6. The van der Waals surface area contributed by atoms with Crippen LogP contribution in [-0.4, -0.2) is 63.0 Å². The zero-order valence-corrected chi connectivity index (χ0v) is 17.4. The number of nitrogens with zero attached hydrogens (tertiary/aromatic N) is 1. The summed E-state index contributed by atoms with van der Waals surface area (Å²) in [5, 5.41) is 0.747. The molecule has 0 radical (unpaired) electrons. The minimum Gasteiger partial charge on any atom is -0.450 e. The maximum Gasteiger partial charge on any atom is 0.375 e. The van der Waals surface area contributed by atoms with E-state index in [0.717, 1.165) is 5.39 Å². The lowest BCUT2D eigenvalue weighted by Crippen LogP contribution is -2.43. The summed E-state index contributed by atoms with van der Waals surface area (Å²) in [6.45, 7) is 2.01. The first-order chi connectivity index (χ1) is 13.9. The number of ether oxygens (including phenoxy) is 2. The molecule has 8 nitrogen and oxygen atoms in total. The van der Waals surface area contributed by atoms with E-state index in [0.29, 0.717) is 30.5 Å². The number of carbonyl (C=O) groups excluding carboxylic acids is 2. The van der Waals surface area contributed by atoms with E-state index in [4.69, 9.17) is 13.9 Å². The molecule has 0 aliphatic carbocycles. The summed E-state index contributed by atoms with van der Waals surface area (Å²) in [5.41, 5.74) is 1.09. The second kappa shape index (κ2) is 8.96. The normalized spacial score (nSPS) is 18.1. The fourth-order valence-corrected chi connectivity index (χ4v) is 5.33. The molecule has 1 aromatic heterocycles. The Kier molecular flexibility index (Phi) is 6.59. The number of hydrogen-bond donors (Lipinski definition) is 0. The number of esters is 1. The highest BCUT2D eigenvalue weighted by Gasteiger charge is 2.34. The average Bonchev–Trinajstić information content (AvgIpc) is 3.24. The van der Waals surface area contributed by atoms with Crippen molar-refractivity contribution in [3.8, 4) is 0 Å². The number of sulfone groups is 1. The van der Waals surface area contributed by atoms with Gasteiger partial charge in [0, 0.05) is 30.6 Å². The Morgan fingerprint density at radius 1 is 1.28 bits per heavy atom. The van der Waals surface area contributed by atoms with Crippen LogP contribution in [0, 0.1) is 0 Å². The highest BCUT2D eigenvalue weighted by atomic mass is 32.2. The number of carbonyl (C=O) groups is 2. The molecule has 0 spiro atoms. The van der Waals surface area contributed by atoms with Gasteiger partial charge in [0.15, 0.2) is 16.4 Å². The third-order valence-corrected chi connectivity index (χ3v) is 6.68. The molecular formula is C20H25NO7S. The monoisotopic (exact) mass is 423 g/mol. The Hall–Kier alpha value is -2.39. The summed E-state index contributed by atoms with van der Waals surface area (Å²) >= 11 is 0. The summed E-state index contributed by atoms with van der Waals surface area (Å²) in [5.74, 6) is -1.13. The minimum absolute atomic E-state index is 0.00587. The van der Waals surface area contributed by atoms with Gasteiger partial charge in [-0.3, -0.25) is 4.79 Å². The Balaban J connectivity index is 1.71. The number of rotatable bonds is 8. The van der Waals surface area contributed by atoms with Gasteiger partial charge in [0.05, 0.1) is 18.1 Å². The van der Waals surface area contributed by atoms with Crippen molar-refractivity contribution in [2.75, 3.05) is 31.8 Å². The Morgan fingerprint density at radius 3 is 2.69 bits per heavy atom. The van der Waals surface area contributed by atoms with Crippen molar-refractivity contribution in [3.63, 3.8) is 0 Å². The SMILES string of the molecule is CCCN(C(=O)COC(=O)c1oc2ccccc2c1COC)[C@@H]1CCS(=O)(=O)C1. The van der Waals surface area contributed by atoms with Crippen molar-refractivity contribution in [1.82, 2.24) is 4.90 Å². The molecule has 2 aromatic rings. The second-order valence-corrected chi connectivity index (χ2v) is 9.29. The minimum atomic E-state index is -3.12. The first-order valence-corrected chi connectivity index (χ1v) is 11.3. The van der Waals surface area contributed by atoms with Crippen LogP contribution in [-0.2, 0) is 30.7 Å². The van der Waals surface area contributed by atoms with E-state index in [1.165, 1.54) is 12.0 Å². The predicted molar refractivity (Wildman–Crippen MR) is 106 cm³/mol. The van der Waals surface area contributed by atoms with E-state index >= 15 is 0 Å². The van der Waals surface area contributed by atoms with Crippen LogP contribution < -0.4 is 0 Å². The maximum atomic E-state index is 12.6. The molecular weight excluding hydrogens is 398 g/mol. The molecule has 0 saturated carbocycles. The fraction of sp³-hybridized carbons (Fsp3) is 0.500. The molecule has 0 N–H and O–H groups in total. The molecule has 1 amide bonds. The number of benzene rings is 1. The van der Waals surface area contributed by atoms with Gasteiger partial charge in [-0.15, -0.1) is 0 Å². The molecule has 29 heavy (non-hydrogen) atoms. The number of methoxy groups -OCH3 is 1. The van der Waals surface area contributed by atoms with Gasteiger partial charge >= 0.3 is 5.97 Å². The van der Waals surface area contributed by atoms with Gasteiger partial charge < -0.3 is 18.8 Å². The molecule has 1 aliphatic heterocycles. The average molecular weight is 423 g/mol. The van der Waals surface area contributed by atoms with E-state index in [-0.39, 0.29) is 29.9 Å². The first kappa shape index (κ1) is 21.3. The molecule has 158 valence electrons. The lowest BCUT2D eigenvalue weighted by molar-refractivity contribution is -0.136. The van der Waals surface area contributed by atoms with E-state index in [1.54, 1.807) is 12.1 Å². The lowest BCUT2D eigenvalue weighted by atomic mass is 10.1. The summed E-state index contributed by atoms with van der Waals surface area (Å²) in [7, 11) is -1.61. The van der Waals surface area contributed by atoms with Crippen LogP contribution in [0.15, 0.2) is 28.7 Å². The van der Waals surface area contributed by atoms with Crippen molar-refractivity contribution in [2.45, 2.75) is 32.4 Å². The van der Waals surface area contributed by atoms with Crippen molar-refractivity contribution >= 4 is 32.7 Å². The molecule has 1 fully saturated rings. The molecule has 1 aliphatic rings. The molecule has 0 bridgehead atoms. The smallest absolute Gasteiger partial charge is 0.375 e. The summed E-state index contributed by atoms with van der Waals surface area (Å²) < 4.78 is 39.5. The predicted octanol–water partition coefficient (Wildman–Crippen LogP) is 2.16. The standard InChI is InChI=1S/C20H25NO7S/c1-3-9-21(14-8-10-29(24,25)13-14)18(22)12-27-20(23)19-16(11-26-2)15-6-4-5-7-17(15)28-19/h4-7,14H,3,8-13H2,1-2H3/t14-/m1/s1. The first-order valence-electron chi connectivity index (χ1n) is 9.52. The second-order valence-electron chi connectivity index (χ2n) is 7.06. The molecule has 1 aromatic carbocycles. The van der Waals surface area contributed by atoms with Gasteiger partial charge in [0.2, 0.25) is 5.76 Å². The number of para-hydroxylation sites is 1. The van der Waals surface area contributed by atoms with Crippen molar-refractivity contribution in [1.29, 1.82) is 0 Å². The molecule has 0 unspecified atom stereocenters. The zero-order valence-electron chi connectivity index (χ0n) is 16.5. The number of hydrogen-bond acceptors (Lipinski definition) is 7. The van der Waals surface area contributed by atoms with Crippen molar-refractivity contribution in [2.24, 2.45) is 0 Å². The van der Waals surface area contributed by atoms with E-state index in [1.807, 2.05) is 19.1 Å². The molecule has 1 atom stereocenters. The number of fused-ring (bicyclic) bond motifs is 1.